The highest BCUT2D eigenvalue weighted by molar-refractivity contribution is 7.26. The van der Waals surface area contributed by atoms with Gasteiger partial charge >= 0.3 is 0 Å². The van der Waals surface area contributed by atoms with E-state index >= 15 is 0 Å². The van der Waals surface area contributed by atoms with Gasteiger partial charge in [-0.2, -0.15) is 0 Å². The van der Waals surface area contributed by atoms with Crippen LogP contribution in [0.4, 0.5) is 0 Å². The Kier molecular flexibility index (Phi) is 4.16. The normalized spacial score (nSPS) is 12.1. The first-order valence-electron chi connectivity index (χ1n) is 12.2. The van der Waals surface area contributed by atoms with E-state index in [9.17, 15) is 0 Å². The van der Waals surface area contributed by atoms with Crippen LogP contribution in [0.2, 0.25) is 0 Å². The molecule has 0 unspecified atom stereocenters. The Morgan fingerprint density at radius 2 is 1.19 bits per heavy atom. The van der Waals surface area contributed by atoms with Gasteiger partial charge in [-0.25, -0.2) is 0 Å². The Balaban J connectivity index is 1.35. The van der Waals surface area contributed by atoms with Gasteiger partial charge in [0.15, 0.2) is 0 Å². The Bertz CT molecular complexity index is 1970. The minimum absolute atomic E-state index is 0.911. The molecule has 6 aromatic carbocycles. The zero-order valence-corrected chi connectivity index (χ0v) is 20.2. The van der Waals surface area contributed by atoms with Crippen molar-refractivity contribution in [1.29, 1.82) is 0 Å². The van der Waals surface area contributed by atoms with Crippen LogP contribution in [-0.2, 0) is 0 Å². The Morgan fingerprint density at radius 3 is 2.14 bits per heavy atom. The van der Waals surface area contributed by atoms with Crippen molar-refractivity contribution in [3.05, 3.63) is 121 Å². The summed E-state index contributed by atoms with van der Waals surface area (Å²) in [4.78, 5) is 0. The minimum atomic E-state index is 0.911. The van der Waals surface area contributed by atoms with Crippen molar-refractivity contribution < 1.29 is 4.74 Å². The third-order valence-corrected chi connectivity index (χ3v) is 8.51. The van der Waals surface area contributed by atoms with Gasteiger partial charge in [-0.3, -0.25) is 0 Å². The van der Waals surface area contributed by atoms with Gasteiger partial charge in [0.1, 0.15) is 11.5 Å². The average Bonchev–Trinajstić information content (AvgIpc) is 3.32. The molecule has 1 nitrogen and oxygen atoms in total. The van der Waals surface area contributed by atoms with Crippen LogP contribution in [0, 0.1) is 0 Å². The summed E-state index contributed by atoms with van der Waals surface area (Å²) in [5.74, 6) is 1.84. The lowest BCUT2D eigenvalue weighted by Gasteiger charge is -2.22. The fourth-order valence-electron chi connectivity index (χ4n) is 5.66. The van der Waals surface area contributed by atoms with Gasteiger partial charge in [-0.1, -0.05) is 97.1 Å². The maximum absolute atomic E-state index is 6.35. The summed E-state index contributed by atoms with van der Waals surface area (Å²) < 4.78 is 9.02. The van der Waals surface area contributed by atoms with Gasteiger partial charge in [0.2, 0.25) is 0 Å². The van der Waals surface area contributed by atoms with Crippen molar-refractivity contribution in [3.63, 3.8) is 0 Å². The fraction of sp³-hybridized carbons (Fsp3) is 0. The second-order valence-electron chi connectivity index (χ2n) is 9.30. The van der Waals surface area contributed by atoms with Crippen molar-refractivity contribution in [1.82, 2.24) is 0 Å². The molecule has 1 aliphatic rings. The molecule has 8 rings (SSSR count). The first-order chi connectivity index (χ1) is 17.8. The average molecular weight is 477 g/mol. The largest absolute Gasteiger partial charge is 0.456 e. The van der Waals surface area contributed by atoms with Crippen LogP contribution in [0.5, 0.6) is 11.5 Å². The van der Waals surface area contributed by atoms with Crippen molar-refractivity contribution in [3.8, 4) is 44.9 Å². The summed E-state index contributed by atoms with van der Waals surface area (Å²) in [5.41, 5.74) is 7.34. The fourth-order valence-corrected chi connectivity index (χ4v) is 6.89. The molecular formula is C34H20OS. The lowest BCUT2D eigenvalue weighted by molar-refractivity contribution is 0.487. The SMILES string of the molecule is c1ccc(-c2cccc3c2sc2ccccc23)c(-c2ccc3c(c2)-c2cccc4cccc(c24)O3)c1. The van der Waals surface area contributed by atoms with E-state index in [0.29, 0.717) is 0 Å². The van der Waals surface area contributed by atoms with Crippen LogP contribution in [0.25, 0.3) is 64.3 Å². The van der Waals surface area contributed by atoms with Crippen LogP contribution < -0.4 is 4.74 Å². The van der Waals surface area contributed by atoms with E-state index in [1.807, 2.05) is 11.3 Å². The number of rotatable bonds is 2. The van der Waals surface area contributed by atoms with E-state index in [4.69, 9.17) is 4.74 Å². The molecule has 0 spiro atoms. The van der Waals surface area contributed by atoms with E-state index in [-0.39, 0.29) is 0 Å². The van der Waals surface area contributed by atoms with E-state index in [2.05, 4.69) is 121 Å². The van der Waals surface area contributed by atoms with Crippen LogP contribution >= 0.6 is 11.3 Å². The predicted molar refractivity (Wildman–Crippen MR) is 153 cm³/mol. The maximum atomic E-state index is 6.35. The molecule has 0 saturated heterocycles. The van der Waals surface area contributed by atoms with E-state index < -0.39 is 0 Å². The molecule has 36 heavy (non-hydrogen) atoms. The Morgan fingerprint density at radius 1 is 0.472 bits per heavy atom. The molecule has 0 amide bonds. The topological polar surface area (TPSA) is 9.23 Å². The van der Waals surface area contributed by atoms with Gasteiger partial charge < -0.3 is 4.74 Å². The monoisotopic (exact) mass is 476 g/mol. The molecular weight excluding hydrogens is 456 g/mol. The minimum Gasteiger partial charge on any atom is -0.456 e. The van der Waals surface area contributed by atoms with Crippen molar-refractivity contribution >= 4 is 42.3 Å². The summed E-state index contributed by atoms with van der Waals surface area (Å²) in [6, 6.07) is 43.5. The second kappa shape index (κ2) is 7.55. The smallest absolute Gasteiger partial charge is 0.135 e. The zero-order chi connectivity index (χ0) is 23.6. The third kappa shape index (κ3) is 2.82. The highest BCUT2D eigenvalue weighted by Crippen LogP contribution is 2.48. The standard InChI is InChI=1S/C34H20OS/c1-2-11-24(27-14-7-15-28-25-12-3-4-17-32(25)36-34(27)28)23(10-1)22-18-19-30-29(20-22)26-13-5-8-21-9-6-16-31(35-30)33(21)26/h1-20H. The molecule has 0 N–H and O–H groups in total. The van der Waals surface area contributed by atoms with Crippen molar-refractivity contribution in [2.75, 3.05) is 0 Å². The van der Waals surface area contributed by atoms with Gasteiger partial charge in [0.25, 0.3) is 0 Å². The molecule has 0 fully saturated rings. The molecule has 1 aromatic heterocycles. The summed E-state index contributed by atoms with van der Waals surface area (Å²) in [6.07, 6.45) is 0. The lowest BCUT2D eigenvalue weighted by Crippen LogP contribution is -1.97. The van der Waals surface area contributed by atoms with Gasteiger partial charge in [-0.05, 0) is 51.9 Å². The lowest BCUT2D eigenvalue weighted by atomic mass is 9.89. The third-order valence-electron chi connectivity index (χ3n) is 7.29. The van der Waals surface area contributed by atoms with E-state index in [0.717, 1.165) is 17.1 Å². The van der Waals surface area contributed by atoms with Gasteiger partial charge in [0, 0.05) is 36.7 Å². The highest BCUT2D eigenvalue weighted by Gasteiger charge is 2.21. The Labute approximate surface area is 212 Å². The summed E-state index contributed by atoms with van der Waals surface area (Å²) in [5, 5.41) is 5.05. The quantitative estimate of drug-likeness (QED) is 0.241. The molecule has 0 saturated carbocycles. The summed E-state index contributed by atoms with van der Waals surface area (Å²) in [7, 11) is 0. The molecule has 7 aromatic rings. The van der Waals surface area contributed by atoms with Gasteiger partial charge in [-0.15, -0.1) is 11.3 Å². The molecule has 0 radical (unpaired) electrons. The first kappa shape index (κ1) is 19.9. The van der Waals surface area contributed by atoms with E-state index in [1.54, 1.807) is 0 Å². The molecule has 168 valence electrons. The van der Waals surface area contributed by atoms with Crippen LogP contribution in [0.15, 0.2) is 121 Å². The zero-order valence-electron chi connectivity index (χ0n) is 19.4. The second-order valence-corrected chi connectivity index (χ2v) is 10.4. The number of hydrogen-bond acceptors (Lipinski definition) is 2. The predicted octanol–water partition coefficient (Wildman–Crippen LogP) is 10.3. The van der Waals surface area contributed by atoms with Crippen molar-refractivity contribution in [2.24, 2.45) is 0 Å². The number of fused-ring (bicyclic) bond motifs is 5. The highest BCUT2D eigenvalue weighted by atomic mass is 32.1. The van der Waals surface area contributed by atoms with Crippen LogP contribution in [0.1, 0.15) is 0 Å². The van der Waals surface area contributed by atoms with Crippen molar-refractivity contribution in [2.45, 2.75) is 0 Å². The number of ether oxygens (including phenoxy) is 1. The molecule has 0 aliphatic carbocycles. The van der Waals surface area contributed by atoms with Crippen LogP contribution in [0.3, 0.4) is 0 Å². The number of hydrogen-bond donors (Lipinski definition) is 0. The molecule has 0 atom stereocenters. The number of thiophene rings is 1. The number of benzene rings is 6. The summed E-state index contributed by atoms with van der Waals surface area (Å²) in [6.45, 7) is 0. The molecule has 2 heterocycles. The first-order valence-corrected chi connectivity index (χ1v) is 13.0. The maximum Gasteiger partial charge on any atom is 0.135 e. The summed E-state index contributed by atoms with van der Waals surface area (Å²) >= 11 is 1.88. The van der Waals surface area contributed by atoms with Gasteiger partial charge in [0.05, 0.1) is 0 Å². The molecule has 2 heteroatoms. The van der Waals surface area contributed by atoms with E-state index in [1.165, 1.54) is 58.8 Å². The molecule has 0 bridgehead atoms. The molecule has 1 aliphatic heterocycles. The van der Waals surface area contributed by atoms with Crippen LogP contribution in [-0.4, -0.2) is 0 Å². The Hall–Kier alpha value is -4.40.